The number of esters is 1. The number of ether oxygens (including phenoxy) is 1. The van der Waals surface area contributed by atoms with Gasteiger partial charge in [0, 0.05) is 16.6 Å². The standard InChI is InChI=1S/C17H16N2O5S/c1-10-4-5-11(17(21)24-2)8-14(10)18-16(20)13-9-12(25-3)6-7-15(13)19(22)23/h4-9H,1-3H3,(H,18,20). The summed E-state index contributed by atoms with van der Waals surface area (Å²) in [6, 6.07) is 9.07. The van der Waals surface area contributed by atoms with Crippen LogP contribution in [0.1, 0.15) is 26.3 Å². The predicted molar refractivity (Wildman–Crippen MR) is 95.3 cm³/mol. The molecule has 1 N–H and O–H groups in total. The molecule has 0 fully saturated rings. The lowest BCUT2D eigenvalue weighted by Gasteiger charge is -2.11. The molecule has 0 saturated carbocycles. The van der Waals surface area contributed by atoms with Crippen molar-refractivity contribution >= 4 is 35.0 Å². The molecule has 0 radical (unpaired) electrons. The van der Waals surface area contributed by atoms with Gasteiger partial charge in [0.05, 0.1) is 17.6 Å². The van der Waals surface area contributed by atoms with Crippen molar-refractivity contribution in [2.45, 2.75) is 11.8 Å². The second kappa shape index (κ2) is 7.80. The van der Waals surface area contributed by atoms with Crippen LogP contribution >= 0.6 is 11.8 Å². The van der Waals surface area contributed by atoms with Crippen molar-refractivity contribution in [1.29, 1.82) is 0 Å². The maximum Gasteiger partial charge on any atom is 0.337 e. The van der Waals surface area contributed by atoms with Gasteiger partial charge in [-0.1, -0.05) is 6.07 Å². The molecule has 2 aromatic rings. The zero-order chi connectivity index (χ0) is 18.6. The van der Waals surface area contributed by atoms with Crippen LogP contribution in [0.15, 0.2) is 41.3 Å². The van der Waals surface area contributed by atoms with Gasteiger partial charge in [-0.15, -0.1) is 11.8 Å². The first-order chi connectivity index (χ1) is 11.9. The molecule has 130 valence electrons. The van der Waals surface area contributed by atoms with Crippen molar-refractivity contribution in [1.82, 2.24) is 0 Å². The highest BCUT2D eigenvalue weighted by Gasteiger charge is 2.21. The first kappa shape index (κ1) is 18.5. The van der Waals surface area contributed by atoms with Crippen LogP contribution in [0.3, 0.4) is 0 Å². The van der Waals surface area contributed by atoms with Crippen LogP contribution in [0.5, 0.6) is 0 Å². The second-order valence-electron chi connectivity index (χ2n) is 5.12. The first-order valence-electron chi connectivity index (χ1n) is 7.20. The molecule has 0 aromatic heterocycles. The van der Waals surface area contributed by atoms with Crippen molar-refractivity contribution in [3.63, 3.8) is 0 Å². The van der Waals surface area contributed by atoms with Gasteiger partial charge in [0.25, 0.3) is 11.6 Å². The molecule has 0 bridgehead atoms. The van der Waals surface area contributed by atoms with Crippen LogP contribution in [0, 0.1) is 17.0 Å². The van der Waals surface area contributed by atoms with Crippen LogP contribution < -0.4 is 5.32 Å². The Bertz CT molecular complexity index is 851. The van der Waals surface area contributed by atoms with E-state index in [9.17, 15) is 19.7 Å². The monoisotopic (exact) mass is 360 g/mol. The van der Waals surface area contributed by atoms with Gasteiger partial charge in [-0.25, -0.2) is 4.79 Å². The second-order valence-corrected chi connectivity index (χ2v) is 6.00. The van der Waals surface area contributed by atoms with Crippen LogP contribution in [0.4, 0.5) is 11.4 Å². The van der Waals surface area contributed by atoms with Crippen molar-refractivity contribution < 1.29 is 19.2 Å². The van der Waals surface area contributed by atoms with E-state index >= 15 is 0 Å². The number of thioether (sulfide) groups is 1. The van der Waals surface area contributed by atoms with Gasteiger partial charge in [-0.3, -0.25) is 14.9 Å². The van der Waals surface area contributed by atoms with Crippen molar-refractivity contribution in [3.8, 4) is 0 Å². The first-order valence-corrected chi connectivity index (χ1v) is 8.42. The number of benzene rings is 2. The van der Waals surface area contributed by atoms with Gasteiger partial charge in [-0.05, 0) is 43.0 Å². The molecule has 0 saturated heterocycles. The van der Waals surface area contributed by atoms with Gasteiger partial charge < -0.3 is 10.1 Å². The summed E-state index contributed by atoms with van der Waals surface area (Å²) in [5.74, 6) is -1.15. The molecule has 8 heteroatoms. The van der Waals surface area contributed by atoms with E-state index < -0.39 is 16.8 Å². The number of amides is 1. The van der Waals surface area contributed by atoms with Crippen LogP contribution in [0.25, 0.3) is 0 Å². The number of anilines is 1. The lowest BCUT2D eigenvalue weighted by molar-refractivity contribution is -0.385. The number of nitro benzene ring substituents is 1. The molecule has 2 aromatic carbocycles. The van der Waals surface area contributed by atoms with Gasteiger partial charge in [0.2, 0.25) is 0 Å². The van der Waals surface area contributed by atoms with Gasteiger partial charge >= 0.3 is 5.97 Å². The number of nitrogens with one attached hydrogen (secondary N) is 1. The molecule has 2 rings (SSSR count). The van der Waals surface area contributed by atoms with E-state index in [1.54, 1.807) is 25.1 Å². The minimum absolute atomic E-state index is 0.0419. The summed E-state index contributed by atoms with van der Waals surface area (Å²) in [5.41, 5.74) is 1.05. The summed E-state index contributed by atoms with van der Waals surface area (Å²) in [4.78, 5) is 35.5. The Morgan fingerprint density at radius 1 is 1.20 bits per heavy atom. The highest BCUT2D eigenvalue weighted by molar-refractivity contribution is 7.98. The minimum Gasteiger partial charge on any atom is -0.465 e. The van der Waals surface area contributed by atoms with Crippen molar-refractivity contribution in [2.75, 3.05) is 18.7 Å². The molecule has 0 unspecified atom stereocenters. The number of nitrogens with zero attached hydrogens (tertiary/aromatic N) is 1. The number of carbonyl (C=O) groups is 2. The summed E-state index contributed by atoms with van der Waals surface area (Å²) in [6.07, 6.45) is 1.81. The fourth-order valence-corrected chi connectivity index (χ4v) is 2.61. The van der Waals surface area contributed by atoms with Crippen LogP contribution in [-0.4, -0.2) is 30.2 Å². The molecule has 0 spiro atoms. The highest BCUT2D eigenvalue weighted by Crippen LogP contribution is 2.26. The van der Waals surface area contributed by atoms with Crippen LogP contribution in [-0.2, 0) is 4.74 Å². The number of hydrogen-bond acceptors (Lipinski definition) is 6. The Balaban J connectivity index is 2.40. The van der Waals surface area contributed by atoms with E-state index in [-0.39, 0.29) is 16.8 Å². The third-order valence-corrected chi connectivity index (χ3v) is 4.28. The molecule has 1 amide bonds. The number of rotatable bonds is 5. The maximum atomic E-state index is 12.6. The lowest BCUT2D eigenvalue weighted by atomic mass is 10.1. The largest absolute Gasteiger partial charge is 0.465 e. The fourth-order valence-electron chi connectivity index (χ4n) is 2.17. The Labute approximate surface area is 148 Å². The van der Waals surface area contributed by atoms with Crippen molar-refractivity contribution in [3.05, 3.63) is 63.2 Å². The molecule has 0 aliphatic rings. The minimum atomic E-state index is -0.618. The third kappa shape index (κ3) is 4.16. The van der Waals surface area contributed by atoms with Crippen LogP contribution in [0.2, 0.25) is 0 Å². The molecular weight excluding hydrogens is 344 g/mol. The van der Waals surface area contributed by atoms with E-state index in [4.69, 9.17) is 0 Å². The van der Waals surface area contributed by atoms with E-state index in [1.165, 1.54) is 37.1 Å². The molecular formula is C17H16N2O5S. The SMILES string of the molecule is COC(=O)c1ccc(C)c(NC(=O)c2cc(SC)ccc2[N+](=O)[O-])c1. The zero-order valence-corrected chi connectivity index (χ0v) is 14.7. The normalized spacial score (nSPS) is 10.2. The molecule has 0 aliphatic heterocycles. The average molecular weight is 360 g/mol. The third-order valence-electron chi connectivity index (χ3n) is 3.55. The maximum absolute atomic E-state index is 12.6. The average Bonchev–Trinajstić information content (AvgIpc) is 2.62. The number of nitro groups is 1. The van der Waals surface area contributed by atoms with Gasteiger partial charge in [0.1, 0.15) is 5.56 Å². The van der Waals surface area contributed by atoms with E-state index in [1.807, 2.05) is 6.26 Å². The summed E-state index contributed by atoms with van der Waals surface area (Å²) in [5, 5.41) is 13.8. The lowest BCUT2D eigenvalue weighted by Crippen LogP contribution is -2.15. The van der Waals surface area contributed by atoms with E-state index in [0.29, 0.717) is 11.3 Å². The van der Waals surface area contributed by atoms with Gasteiger partial charge in [-0.2, -0.15) is 0 Å². The quantitative estimate of drug-likeness (QED) is 0.378. The topological polar surface area (TPSA) is 98.5 Å². The predicted octanol–water partition coefficient (Wildman–Crippen LogP) is 3.66. The van der Waals surface area contributed by atoms with Gasteiger partial charge in [0.15, 0.2) is 0 Å². The molecule has 0 atom stereocenters. The smallest absolute Gasteiger partial charge is 0.337 e. The number of carbonyl (C=O) groups excluding carboxylic acids is 2. The fraction of sp³-hybridized carbons (Fsp3) is 0.176. The molecule has 25 heavy (non-hydrogen) atoms. The zero-order valence-electron chi connectivity index (χ0n) is 13.9. The summed E-state index contributed by atoms with van der Waals surface area (Å²) >= 11 is 1.38. The van der Waals surface area contributed by atoms with Crippen molar-refractivity contribution in [2.24, 2.45) is 0 Å². The Hall–Kier alpha value is -2.87. The molecule has 0 aliphatic carbocycles. The number of hydrogen-bond donors (Lipinski definition) is 1. The Kier molecular flexibility index (Phi) is 5.76. The Morgan fingerprint density at radius 3 is 2.52 bits per heavy atom. The summed E-state index contributed by atoms with van der Waals surface area (Å²) < 4.78 is 4.66. The molecule has 7 nitrogen and oxygen atoms in total. The van der Waals surface area contributed by atoms with E-state index in [0.717, 1.165) is 4.90 Å². The molecule has 0 heterocycles. The number of methoxy groups -OCH3 is 1. The summed E-state index contributed by atoms with van der Waals surface area (Å²) in [7, 11) is 1.26. The Morgan fingerprint density at radius 2 is 1.92 bits per heavy atom. The summed E-state index contributed by atoms with van der Waals surface area (Å²) in [6.45, 7) is 1.75. The highest BCUT2D eigenvalue weighted by atomic mass is 32.2. The number of aryl methyl sites for hydroxylation is 1. The van der Waals surface area contributed by atoms with E-state index in [2.05, 4.69) is 10.1 Å².